The minimum Gasteiger partial charge on any atom is -0.473 e. The second kappa shape index (κ2) is 6.30. The summed E-state index contributed by atoms with van der Waals surface area (Å²) >= 11 is 0. The molecule has 0 aliphatic carbocycles. The van der Waals surface area contributed by atoms with E-state index in [-0.39, 0.29) is 6.10 Å². The second-order valence-corrected chi connectivity index (χ2v) is 5.20. The van der Waals surface area contributed by atoms with Gasteiger partial charge in [0.15, 0.2) is 0 Å². The number of rotatable bonds is 3. The zero-order valence-electron chi connectivity index (χ0n) is 11.2. The predicted octanol–water partition coefficient (Wildman–Crippen LogP) is 1.50. The minimum atomic E-state index is 0.275. The first-order valence-corrected chi connectivity index (χ1v) is 7.19. The summed E-state index contributed by atoms with van der Waals surface area (Å²) in [5, 5.41) is 3.35. The third kappa shape index (κ3) is 3.22. The van der Waals surface area contributed by atoms with Crippen molar-refractivity contribution in [3.8, 4) is 5.88 Å². The fourth-order valence-corrected chi connectivity index (χ4v) is 2.75. The summed E-state index contributed by atoms with van der Waals surface area (Å²) in [5.41, 5.74) is 1.02. The van der Waals surface area contributed by atoms with Crippen LogP contribution in [0.15, 0.2) is 12.4 Å². The normalized spacial score (nSPS) is 22.3. The fraction of sp³-hybridized carbons (Fsp3) is 0.714. The molecule has 2 aliphatic heterocycles. The topological polar surface area (TPSA) is 56.3 Å². The van der Waals surface area contributed by atoms with Crippen LogP contribution in [0.5, 0.6) is 5.88 Å². The molecule has 0 unspecified atom stereocenters. The monoisotopic (exact) mass is 263 g/mol. The lowest BCUT2D eigenvalue weighted by Crippen LogP contribution is -2.34. The highest BCUT2D eigenvalue weighted by molar-refractivity contribution is 5.22. The minimum absolute atomic E-state index is 0.275. The van der Waals surface area contributed by atoms with Crippen molar-refractivity contribution in [2.24, 2.45) is 0 Å². The molecule has 0 amide bonds. The third-order valence-corrected chi connectivity index (χ3v) is 3.86. The standard InChI is InChI=1S/C14H21N3O2/c1-5-15-6-2-12(1)19-14-13(16-7-8-17-14)11-3-9-18-10-4-11/h7-8,11-12,15H,1-6,9-10H2. The van der Waals surface area contributed by atoms with E-state index < -0.39 is 0 Å². The number of hydrogen-bond donors (Lipinski definition) is 1. The van der Waals surface area contributed by atoms with Crippen LogP contribution in [0.3, 0.4) is 0 Å². The van der Waals surface area contributed by atoms with E-state index in [2.05, 4.69) is 15.3 Å². The molecular formula is C14H21N3O2. The molecular weight excluding hydrogens is 242 g/mol. The Kier molecular flexibility index (Phi) is 4.25. The van der Waals surface area contributed by atoms with E-state index in [1.807, 2.05) is 0 Å². The Morgan fingerprint density at radius 1 is 1.05 bits per heavy atom. The highest BCUT2D eigenvalue weighted by Gasteiger charge is 2.24. The molecule has 0 atom stereocenters. The van der Waals surface area contributed by atoms with Crippen LogP contribution in [0.2, 0.25) is 0 Å². The summed E-state index contributed by atoms with van der Waals surface area (Å²) in [6.45, 7) is 3.68. The van der Waals surface area contributed by atoms with Gasteiger partial charge in [-0.1, -0.05) is 0 Å². The van der Waals surface area contributed by atoms with Gasteiger partial charge in [-0.25, -0.2) is 4.98 Å². The van der Waals surface area contributed by atoms with E-state index in [9.17, 15) is 0 Å². The maximum Gasteiger partial charge on any atom is 0.236 e. The Bertz CT molecular complexity index is 401. The average Bonchev–Trinajstić information content (AvgIpc) is 2.50. The first-order chi connectivity index (χ1) is 9.43. The summed E-state index contributed by atoms with van der Waals surface area (Å²) in [7, 11) is 0. The first-order valence-electron chi connectivity index (χ1n) is 7.19. The Morgan fingerprint density at radius 3 is 2.58 bits per heavy atom. The summed E-state index contributed by atoms with van der Waals surface area (Å²) in [4.78, 5) is 8.91. The summed E-state index contributed by atoms with van der Waals surface area (Å²) in [5.74, 6) is 1.17. The molecule has 1 aromatic rings. The molecule has 1 N–H and O–H groups in total. The van der Waals surface area contributed by atoms with E-state index in [0.29, 0.717) is 5.92 Å². The fourth-order valence-electron chi connectivity index (χ4n) is 2.75. The Hall–Kier alpha value is -1.20. The molecule has 0 bridgehead atoms. The van der Waals surface area contributed by atoms with E-state index >= 15 is 0 Å². The molecule has 2 fully saturated rings. The molecule has 0 saturated carbocycles. The number of nitrogens with zero attached hydrogens (tertiary/aromatic N) is 2. The Labute approximate surface area is 113 Å². The molecule has 0 spiro atoms. The second-order valence-electron chi connectivity index (χ2n) is 5.20. The van der Waals surface area contributed by atoms with Crippen molar-refractivity contribution >= 4 is 0 Å². The van der Waals surface area contributed by atoms with Gasteiger partial charge in [0.2, 0.25) is 5.88 Å². The molecule has 3 heterocycles. The first kappa shape index (κ1) is 12.8. The lowest BCUT2D eigenvalue weighted by atomic mass is 9.96. The Morgan fingerprint density at radius 2 is 1.79 bits per heavy atom. The SMILES string of the molecule is c1cnc(C2CCOCC2)c(OC2CCNCC2)n1. The van der Waals surface area contributed by atoms with Crippen molar-refractivity contribution in [1.29, 1.82) is 0 Å². The van der Waals surface area contributed by atoms with Crippen LogP contribution in [0, 0.1) is 0 Å². The maximum atomic E-state index is 6.09. The molecule has 0 radical (unpaired) electrons. The molecule has 0 aromatic carbocycles. The van der Waals surface area contributed by atoms with Crippen LogP contribution in [0.25, 0.3) is 0 Å². The lowest BCUT2D eigenvalue weighted by molar-refractivity contribution is 0.0821. The van der Waals surface area contributed by atoms with Gasteiger partial charge in [0, 0.05) is 31.5 Å². The number of aromatic nitrogens is 2. The summed E-state index contributed by atoms with van der Waals surface area (Å²) < 4.78 is 11.5. The molecule has 2 saturated heterocycles. The summed E-state index contributed by atoms with van der Waals surface area (Å²) in [6.07, 6.45) is 7.88. The highest BCUT2D eigenvalue weighted by Crippen LogP contribution is 2.31. The molecule has 1 aromatic heterocycles. The smallest absolute Gasteiger partial charge is 0.236 e. The molecule has 2 aliphatic rings. The Balaban J connectivity index is 1.72. The van der Waals surface area contributed by atoms with Crippen molar-refractivity contribution in [2.45, 2.75) is 37.7 Å². The molecule has 104 valence electrons. The largest absolute Gasteiger partial charge is 0.473 e. The van der Waals surface area contributed by atoms with Crippen molar-refractivity contribution in [3.05, 3.63) is 18.1 Å². The van der Waals surface area contributed by atoms with Crippen molar-refractivity contribution < 1.29 is 9.47 Å². The van der Waals surface area contributed by atoms with Crippen LogP contribution in [-0.4, -0.2) is 42.4 Å². The van der Waals surface area contributed by atoms with Gasteiger partial charge in [-0.05, 0) is 38.8 Å². The molecule has 19 heavy (non-hydrogen) atoms. The van der Waals surface area contributed by atoms with Crippen molar-refractivity contribution in [3.63, 3.8) is 0 Å². The highest BCUT2D eigenvalue weighted by atomic mass is 16.5. The molecule has 5 heteroatoms. The van der Waals surface area contributed by atoms with Gasteiger partial charge >= 0.3 is 0 Å². The van der Waals surface area contributed by atoms with Crippen LogP contribution in [-0.2, 0) is 4.74 Å². The predicted molar refractivity (Wildman–Crippen MR) is 71.3 cm³/mol. The number of nitrogens with one attached hydrogen (secondary N) is 1. The van der Waals surface area contributed by atoms with Gasteiger partial charge in [-0.3, -0.25) is 4.98 Å². The quantitative estimate of drug-likeness (QED) is 0.895. The number of ether oxygens (including phenoxy) is 2. The summed E-state index contributed by atoms with van der Waals surface area (Å²) in [6, 6.07) is 0. The van der Waals surface area contributed by atoms with Crippen LogP contribution < -0.4 is 10.1 Å². The van der Waals surface area contributed by atoms with Gasteiger partial charge in [-0.15, -0.1) is 0 Å². The lowest BCUT2D eigenvalue weighted by Gasteiger charge is -2.26. The van der Waals surface area contributed by atoms with Gasteiger partial charge in [0.05, 0.1) is 0 Å². The molecule has 3 rings (SSSR count). The maximum absolute atomic E-state index is 6.09. The van der Waals surface area contributed by atoms with E-state index in [1.54, 1.807) is 12.4 Å². The molecule has 5 nitrogen and oxygen atoms in total. The van der Waals surface area contributed by atoms with Crippen molar-refractivity contribution in [1.82, 2.24) is 15.3 Å². The van der Waals surface area contributed by atoms with Gasteiger partial charge in [-0.2, -0.15) is 0 Å². The van der Waals surface area contributed by atoms with E-state index in [4.69, 9.17) is 9.47 Å². The van der Waals surface area contributed by atoms with Crippen molar-refractivity contribution in [2.75, 3.05) is 26.3 Å². The van der Waals surface area contributed by atoms with Gasteiger partial charge in [0.25, 0.3) is 0 Å². The van der Waals surface area contributed by atoms with Crippen LogP contribution in [0.1, 0.15) is 37.3 Å². The number of piperidine rings is 1. The zero-order chi connectivity index (χ0) is 12.9. The van der Waals surface area contributed by atoms with Crippen LogP contribution in [0.4, 0.5) is 0 Å². The zero-order valence-corrected chi connectivity index (χ0v) is 11.2. The van der Waals surface area contributed by atoms with E-state index in [1.165, 1.54) is 0 Å². The number of hydrogen-bond acceptors (Lipinski definition) is 5. The van der Waals surface area contributed by atoms with Crippen LogP contribution >= 0.6 is 0 Å². The van der Waals surface area contributed by atoms with Gasteiger partial charge in [0.1, 0.15) is 11.8 Å². The average molecular weight is 263 g/mol. The third-order valence-electron chi connectivity index (χ3n) is 3.86. The van der Waals surface area contributed by atoms with E-state index in [0.717, 1.165) is 63.6 Å². The van der Waals surface area contributed by atoms with Gasteiger partial charge < -0.3 is 14.8 Å².